The van der Waals surface area contributed by atoms with Crippen LogP contribution in [0.25, 0.3) is 33.0 Å². The van der Waals surface area contributed by atoms with Gasteiger partial charge in [-0.15, -0.1) is 0 Å². The molecule has 0 atom stereocenters. The van der Waals surface area contributed by atoms with E-state index < -0.39 is 0 Å². The lowest BCUT2D eigenvalue weighted by Crippen LogP contribution is -1.89. The first-order chi connectivity index (χ1) is 9.90. The molecule has 0 bridgehead atoms. The fourth-order valence-corrected chi connectivity index (χ4v) is 3.47. The van der Waals surface area contributed by atoms with E-state index in [0.29, 0.717) is 0 Å². The summed E-state index contributed by atoms with van der Waals surface area (Å²) in [5, 5.41) is 2.83. The molecule has 1 aliphatic carbocycles. The summed E-state index contributed by atoms with van der Waals surface area (Å²) >= 11 is 0. The first-order valence-corrected chi connectivity index (χ1v) is 7.54. The van der Waals surface area contributed by atoms with E-state index in [4.69, 9.17) is 0 Å². The fraction of sp³-hybridized carbons (Fsp3) is 0.200. The molecule has 0 N–H and O–H groups in total. The van der Waals surface area contributed by atoms with Crippen LogP contribution in [0.1, 0.15) is 25.3 Å². The zero-order chi connectivity index (χ0) is 13.5. The van der Waals surface area contributed by atoms with Crippen LogP contribution in [0.15, 0.2) is 54.6 Å². The summed E-state index contributed by atoms with van der Waals surface area (Å²) in [6, 6.07) is 20.1. The smallest absolute Gasteiger partial charge is 0.00236 e. The third kappa shape index (κ3) is 1.54. The Bertz CT molecular complexity index is 796. The summed E-state index contributed by atoms with van der Waals surface area (Å²) in [5.74, 6) is 0. The van der Waals surface area contributed by atoms with Gasteiger partial charge in [0, 0.05) is 0 Å². The van der Waals surface area contributed by atoms with Gasteiger partial charge in [-0.25, -0.2) is 0 Å². The van der Waals surface area contributed by atoms with E-state index >= 15 is 0 Å². The highest BCUT2D eigenvalue weighted by molar-refractivity contribution is 6.16. The van der Waals surface area contributed by atoms with E-state index in [2.05, 4.69) is 61.5 Å². The maximum Gasteiger partial charge on any atom is -0.00236 e. The SMILES string of the molecule is CCCCc1ccc2cccc3c2c1-c1ccccc1-3. The van der Waals surface area contributed by atoms with Gasteiger partial charge in [-0.2, -0.15) is 0 Å². The number of hydrogen-bond acceptors (Lipinski definition) is 0. The second-order valence-corrected chi connectivity index (χ2v) is 5.65. The minimum absolute atomic E-state index is 1.18. The van der Waals surface area contributed by atoms with Crippen LogP contribution in [-0.4, -0.2) is 0 Å². The summed E-state index contributed by atoms with van der Waals surface area (Å²) in [5.41, 5.74) is 7.23. The molecule has 0 heterocycles. The van der Waals surface area contributed by atoms with Crippen molar-refractivity contribution in [3.8, 4) is 22.3 Å². The van der Waals surface area contributed by atoms with Gasteiger partial charge in [0.25, 0.3) is 0 Å². The minimum atomic E-state index is 1.18. The van der Waals surface area contributed by atoms with E-state index in [1.807, 2.05) is 0 Å². The summed E-state index contributed by atoms with van der Waals surface area (Å²) in [6.45, 7) is 2.26. The topological polar surface area (TPSA) is 0 Å². The van der Waals surface area contributed by atoms with E-state index in [9.17, 15) is 0 Å². The lowest BCUT2D eigenvalue weighted by atomic mass is 9.94. The second-order valence-electron chi connectivity index (χ2n) is 5.65. The van der Waals surface area contributed by atoms with Crippen molar-refractivity contribution in [3.05, 3.63) is 60.2 Å². The van der Waals surface area contributed by atoms with Crippen LogP contribution in [0.2, 0.25) is 0 Å². The molecule has 0 aromatic heterocycles. The van der Waals surface area contributed by atoms with Crippen LogP contribution >= 0.6 is 0 Å². The lowest BCUT2D eigenvalue weighted by Gasteiger charge is -2.09. The molecule has 3 aromatic carbocycles. The summed E-state index contributed by atoms with van der Waals surface area (Å²) in [4.78, 5) is 0. The van der Waals surface area contributed by atoms with E-state index in [1.54, 1.807) is 0 Å². The molecule has 20 heavy (non-hydrogen) atoms. The van der Waals surface area contributed by atoms with Gasteiger partial charge < -0.3 is 0 Å². The Balaban J connectivity index is 2.07. The third-order valence-electron chi connectivity index (χ3n) is 4.42. The molecule has 0 spiro atoms. The van der Waals surface area contributed by atoms with Gasteiger partial charge in [-0.1, -0.05) is 67.9 Å². The van der Waals surface area contributed by atoms with Crippen molar-refractivity contribution in [1.82, 2.24) is 0 Å². The summed E-state index contributed by atoms with van der Waals surface area (Å²) < 4.78 is 0. The van der Waals surface area contributed by atoms with Gasteiger partial charge in [0.2, 0.25) is 0 Å². The maximum atomic E-state index is 2.33. The number of rotatable bonds is 3. The molecule has 0 nitrogen and oxygen atoms in total. The van der Waals surface area contributed by atoms with Gasteiger partial charge in [-0.3, -0.25) is 0 Å². The lowest BCUT2D eigenvalue weighted by molar-refractivity contribution is 0.797. The summed E-state index contributed by atoms with van der Waals surface area (Å²) in [7, 11) is 0. The molecule has 1 aliphatic rings. The van der Waals surface area contributed by atoms with E-state index in [1.165, 1.54) is 57.9 Å². The molecule has 4 rings (SSSR count). The quantitative estimate of drug-likeness (QED) is 0.433. The highest BCUT2D eigenvalue weighted by Crippen LogP contribution is 2.48. The van der Waals surface area contributed by atoms with E-state index in [0.717, 1.165) is 0 Å². The van der Waals surface area contributed by atoms with Crippen molar-refractivity contribution >= 4 is 10.8 Å². The number of fused-ring (bicyclic) bond motifs is 3. The van der Waals surface area contributed by atoms with Crippen molar-refractivity contribution in [1.29, 1.82) is 0 Å². The molecule has 3 aromatic rings. The van der Waals surface area contributed by atoms with Gasteiger partial charge >= 0.3 is 0 Å². The van der Waals surface area contributed by atoms with Crippen LogP contribution in [-0.2, 0) is 6.42 Å². The van der Waals surface area contributed by atoms with Gasteiger partial charge in [-0.05, 0) is 51.4 Å². The Hall–Kier alpha value is -2.08. The molecule has 0 fully saturated rings. The largest absolute Gasteiger partial charge is 0.0654 e. The Labute approximate surface area is 120 Å². The second kappa shape index (κ2) is 4.49. The fourth-order valence-electron chi connectivity index (χ4n) is 3.47. The molecular formula is C20H18. The molecule has 0 heteroatoms. The Kier molecular flexibility index (Phi) is 2.63. The molecule has 98 valence electrons. The highest BCUT2D eigenvalue weighted by atomic mass is 14.3. The number of benzene rings is 3. The van der Waals surface area contributed by atoms with Crippen LogP contribution in [0.5, 0.6) is 0 Å². The zero-order valence-corrected chi connectivity index (χ0v) is 11.8. The molecule has 0 saturated heterocycles. The van der Waals surface area contributed by atoms with Crippen molar-refractivity contribution in [2.75, 3.05) is 0 Å². The number of hydrogen-bond donors (Lipinski definition) is 0. The predicted octanol–water partition coefficient (Wildman–Crippen LogP) is 5.83. The Morgan fingerprint density at radius 1 is 0.750 bits per heavy atom. The van der Waals surface area contributed by atoms with Gasteiger partial charge in [0.15, 0.2) is 0 Å². The minimum Gasteiger partial charge on any atom is -0.0654 e. The zero-order valence-electron chi connectivity index (χ0n) is 11.8. The first kappa shape index (κ1) is 11.7. The number of unbranched alkanes of at least 4 members (excludes halogenated alkanes) is 1. The standard InChI is InChI=1S/C20H18/c1-2-3-7-14-12-13-15-8-6-11-18-16-9-4-5-10-17(16)19(14)20(15)18/h4-6,8-13H,2-3,7H2,1H3. The van der Waals surface area contributed by atoms with Crippen LogP contribution in [0.3, 0.4) is 0 Å². The predicted molar refractivity (Wildman–Crippen MR) is 87.0 cm³/mol. The summed E-state index contributed by atoms with van der Waals surface area (Å²) in [6.07, 6.45) is 3.70. The van der Waals surface area contributed by atoms with Crippen LogP contribution in [0.4, 0.5) is 0 Å². The molecule has 0 amide bonds. The molecule has 0 unspecified atom stereocenters. The van der Waals surface area contributed by atoms with Crippen LogP contribution < -0.4 is 0 Å². The normalized spacial score (nSPS) is 11.8. The first-order valence-electron chi connectivity index (χ1n) is 7.54. The average Bonchev–Trinajstić information content (AvgIpc) is 2.84. The molecule has 0 radical (unpaired) electrons. The van der Waals surface area contributed by atoms with Crippen molar-refractivity contribution in [3.63, 3.8) is 0 Å². The van der Waals surface area contributed by atoms with Crippen molar-refractivity contribution in [2.45, 2.75) is 26.2 Å². The van der Waals surface area contributed by atoms with Gasteiger partial charge in [0.05, 0.1) is 0 Å². The highest BCUT2D eigenvalue weighted by Gasteiger charge is 2.22. The average molecular weight is 258 g/mol. The van der Waals surface area contributed by atoms with Crippen molar-refractivity contribution in [2.24, 2.45) is 0 Å². The molecule has 0 saturated carbocycles. The van der Waals surface area contributed by atoms with Gasteiger partial charge in [0.1, 0.15) is 0 Å². The molecule has 0 aliphatic heterocycles. The molecular weight excluding hydrogens is 240 g/mol. The van der Waals surface area contributed by atoms with E-state index in [-0.39, 0.29) is 0 Å². The monoisotopic (exact) mass is 258 g/mol. The third-order valence-corrected chi connectivity index (χ3v) is 4.42. The maximum absolute atomic E-state index is 2.33. The Morgan fingerprint density at radius 2 is 1.55 bits per heavy atom. The number of aryl methyl sites for hydroxylation is 1. The van der Waals surface area contributed by atoms with Crippen molar-refractivity contribution < 1.29 is 0 Å². The Morgan fingerprint density at radius 3 is 2.40 bits per heavy atom. The van der Waals surface area contributed by atoms with Crippen LogP contribution in [0, 0.1) is 0 Å².